The Balaban J connectivity index is 1.29. The molecule has 1 aliphatic heterocycles. The highest BCUT2D eigenvalue weighted by atomic mass is 16.5. The number of nitrogens with two attached hydrogens (primary N) is 1. The second kappa shape index (κ2) is 6.65. The monoisotopic (exact) mass is 344 g/mol. The lowest BCUT2D eigenvalue weighted by Crippen LogP contribution is -2.38. The summed E-state index contributed by atoms with van der Waals surface area (Å²) in [5.74, 6) is 1.76. The highest BCUT2D eigenvalue weighted by molar-refractivity contribution is 5.74. The molecule has 1 aromatic rings. The number of nitrogens with one attached hydrogen (secondary N) is 1. The van der Waals surface area contributed by atoms with Crippen LogP contribution < -0.4 is 11.1 Å². The molecule has 136 valence electrons. The van der Waals surface area contributed by atoms with Gasteiger partial charge in [0.2, 0.25) is 5.91 Å². The van der Waals surface area contributed by atoms with Gasteiger partial charge in [-0.1, -0.05) is 0 Å². The predicted octanol–water partition coefficient (Wildman–Crippen LogP) is 1.55. The fourth-order valence-electron chi connectivity index (χ4n) is 5.04. The first-order valence-electron chi connectivity index (χ1n) is 9.50. The standard InChI is InChI=1S/C19H28N4O2/c1-12-7-13(8-17(20)24)16(23-12)11-25-15-3-4-19(10-14(19)9-15)18-21-5-2-6-22-18/h2,5-6,12-16,23H,3-4,7-11H2,1H3,(H2,20,24)/t12-,13+,14?,15?,16+,19?/m1/s1. The van der Waals surface area contributed by atoms with Gasteiger partial charge < -0.3 is 15.8 Å². The molecule has 1 saturated heterocycles. The summed E-state index contributed by atoms with van der Waals surface area (Å²) in [5.41, 5.74) is 5.61. The summed E-state index contributed by atoms with van der Waals surface area (Å²) < 4.78 is 6.25. The number of nitrogens with zero attached hydrogens (tertiary/aromatic N) is 2. The highest BCUT2D eigenvalue weighted by Crippen LogP contribution is 2.61. The number of primary amides is 1. The Morgan fingerprint density at radius 2 is 2.20 bits per heavy atom. The summed E-state index contributed by atoms with van der Waals surface area (Å²) in [6.45, 7) is 2.83. The SMILES string of the molecule is C[C@@H]1C[C@@H](CC(N)=O)[C@H](COC2CCC3(c4ncccn4)CC3C2)N1. The number of hydrogen-bond donors (Lipinski definition) is 2. The van der Waals surface area contributed by atoms with Crippen molar-refractivity contribution < 1.29 is 9.53 Å². The van der Waals surface area contributed by atoms with Crippen LogP contribution in [-0.2, 0) is 14.9 Å². The van der Waals surface area contributed by atoms with E-state index in [0.717, 1.165) is 31.5 Å². The molecule has 0 aromatic carbocycles. The van der Waals surface area contributed by atoms with Crippen LogP contribution in [0.15, 0.2) is 18.5 Å². The molecular weight excluding hydrogens is 316 g/mol. The minimum atomic E-state index is -0.214. The number of carbonyl (C=O) groups excluding carboxylic acids is 1. The number of carbonyl (C=O) groups is 1. The van der Waals surface area contributed by atoms with Crippen LogP contribution >= 0.6 is 0 Å². The number of aromatic nitrogens is 2. The molecule has 3 aliphatic rings. The van der Waals surface area contributed by atoms with Crippen LogP contribution in [0.1, 0.15) is 51.3 Å². The lowest BCUT2D eigenvalue weighted by molar-refractivity contribution is -0.119. The van der Waals surface area contributed by atoms with Crippen molar-refractivity contribution in [2.75, 3.05) is 6.61 Å². The Labute approximate surface area is 148 Å². The molecule has 2 heterocycles. The van der Waals surface area contributed by atoms with E-state index in [2.05, 4.69) is 22.2 Å². The van der Waals surface area contributed by atoms with Crippen molar-refractivity contribution in [3.8, 4) is 0 Å². The first kappa shape index (κ1) is 16.9. The van der Waals surface area contributed by atoms with E-state index in [1.54, 1.807) is 0 Å². The summed E-state index contributed by atoms with van der Waals surface area (Å²) in [6, 6.07) is 2.55. The quantitative estimate of drug-likeness (QED) is 0.817. The van der Waals surface area contributed by atoms with E-state index in [9.17, 15) is 4.79 Å². The van der Waals surface area contributed by atoms with Gasteiger partial charge >= 0.3 is 0 Å². The van der Waals surface area contributed by atoms with E-state index in [1.165, 1.54) is 6.42 Å². The van der Waals surface area contributed by atoms with Crippen LogP contribution in [0.4, 0.5) is 0 Å². The normalized spacial score (nSPS) is 39.8. The lowest BCUT2D eigenvalue weighted by atomic mass is 9.86. The Bertz CT molecular complexity index is 625. The maximum Gasteiger partial charge on any atom is 0.217 e. The van der Waals surface area contributed by atoms with Gasteiger partial charge in [-0.05, 0) is 56.9 Å². The molecular formula is C19H28N4O2. The van der Waals surface area contributed by atoms with Gasteiger partial charge in [-0.25, -0.2) is 9.97 Å². The summed E-state index contributed by atoms with van der Waals surface area (Å²) in [4.78, 5) is 20.3. The summed E-state index contributed by atoms with van der Waals surface area (Å²) in [7, 11) is 0. The molecule has 2 saturated carbocycles. The number of hydrogen-bond acceptors (Lipinski definition) is 5. The minimum Gasteiger partial charge on any atom is -0.377 e. The number of fused-ring (bicyclic) bond motifs is 1. The minimum absolute atomic E-state index is 0.214. The largest absolute Gasteiger partial charge is 0.377 e. The Kier molecular flexibility index (Phi) is 4.50. The van der Waals surface area contributed by atoms with Crippen LogP contribution in [0.25, 0.3) is 0 Å². The zero-order chi connectivity index (χ0) is 17.4. The van der Waals surface area contributed by atoms with Gasteiger partial charge in [-0.2, -0.15) is 0 Å². The number of amides is 1. The van der Waals surface area contributed by atoms with Crippen LogP contribution in [0.3, 0.4) is 0 Å². The Morgan fingerprint density at radius 3 is 2.92 bits per heavy atom. The van der Waals surface area contributed by atoms with Gasteiger partial charge in [0, 0.05) is 36.3 Å². The first-order chi connectivity index (χ1) is 12.1. The predicted molar refractivity (Wildman–Crippen MR) is 93.7 cm³/mol. The number of rotatable bonds is 6. The third kappa shape index (κ3) is 3.42. The molecule has 1 amide bonds. The van der Waals surface area contributed by atoms with Crippen molar-refractivity contribution >= 4 is 5.91 Å². The lowest BCUT2D eigenvalue weighted by Gasteiger charge is -2.29. The summed E-state index contributed by atoms with van der Waals surface area (Å²) >= 11 is 0. The second-order valence-electron chi connectivity index (χ2n) is 8.20. The van der Waals surface area contributed by atoms with Crippen molar-refractivity contribution in [1.29, 1.82) is 0 Å². The Morgan fingerprint density at radius 1 is 1.40 bits per heavy atom. The molecule has 6 nitrogen and oxygen atoms in total. The fraction of sp³-hybridized carbons (Fsp3) is 0.737. The first-order valence-corrected chi connectivity index (χ1v) is 9.50. The fourth-order valence-corrected chi connectivity index (χ4v) is 5.04. The second-order valence-corrected chi connectivity index (χ2v) is 8.20. The zero-order valence-corrected chi connectivity index (χ0v) is 14.9. The highest BCUT2D eigenvalue weighted by Gasteiger charge is 2.59. The molecule has 2 aliphatic carbocycles. The maximum atomic E-state index is 11.3. The molecule has 6 atom stereocenters. The number of ether oxygens (including phenoxy) is 1. The third-order valence-electron chi connectivity index (χ3n) is 6.40. The zero-order valence-electron chi connectivity index (χ0n) is 14.9. The molecule has 4 rings (SSSR count). The Hall–Kier alpha value is -1.53. The molecule has 0 bridgehead atoms. The van der Waals surface area contributed by atoms with E-state index in [0.29, 0.717) is 37.0 Å². The van der Waals surface area contributed by atoms with Crippen molar-refractivity contribution in [1.82, 2.24) is 15.3 Å². The van der Waals surface area contributed by atoms with Crippen molar-refractivity contribution in [2.24, 2.45) is 17.6 Å². The third-order valence-corrected chi connectivity index (χ3v) is 6.40. The summed E-state index contributed by atoms with van der Waals surface area (Å²) in [5, 5.41) is 3.55. The van der Waals surface area contributed by atoms with Crippen molar-refractivity contribution in [3.63, 3.8) is 0 Å². The molecule has 0 radical (unpaired) electrons. The van der Waals surface area contributed by atoms with Crippen molar-refractivity contribution in [3.05, 3.63) is 24.3 Å². The van der Waals surface area contributed by atoms with Gasteiger partial charge in [0.05, 0.1) is 12.7 Å². The van der Waals surface area contributed by atoms with E-state index in [4.69, 9.17) is 10.5 Å². The topological polar surface area (TPSA) is 90.1 Å². The molecule has 3 unspecified atom stereocenters. The van der Waals surface area contributed by atoms with E-state index < -0.39 is 0 Å². The average Bonchev–Trinajstić information content (AvgIpc) is 3.24. The van der Waals surface area contributed by atoms with E-state index in [1.807, 2.05) is 18.5 Å². The average molecular weight is 344 g/mol. The van der Waals surface area contributed by atoms with E-state index >= 15 is 0 Å². The van der Waals surface area contributed by atoms with Crippen LogP contribution in [0.5, 0.6) is 0 Å². The van der Waals surface area contributed by atoms with Crippen LogP contribution in [0.2, 0.25) is 0 Å². The molecule has 3 fully saturated rings. The van der Waals surface area contributed by atoms with Gasteiger partial charge in [0.15, 0.2) is 0 Å². The van der Waals surface area contributed by atoms with Gasteiger partial charge in [0.1, 0.15) is 5.82 Å². The molecule has 1 aromatic heterocycles. The van der Waals surface area contributed by atoms with Crippen LogP contribution in [-0.4, -0.2) is 40.7 Å². The molecule has 6 heteroatoms. The maximum absolute atomic E-state index is 11.3. The van der Waals surface area contributed by atoms with Gasteiger partial charge in [0.25, 0.3) is 0 Å². The molecule has 25 heavy (non-hydrogen) atoms. The molecule has 3 N–H and O–H groups in total. The van der Waals surface area contributed by atoms with Gasteiger partial charge in [-0.15, -0.1) is 0 Å². The van der Waals surface area contributed by atoms with Gasteiger partial charge in [-0.3, -0.25) is 4.79 Å². The van der Waals surface area contributed by atoms with Crippen LogP contribution in [0, 0.1) is 11.8 Å². The van der Waals surface area contributed by atoms with Crippen molar-refractivity contribution in [2.45, 2.75) is 69.1 Å². The summed E-state index contributed by atoms with van der Waals surface area (Å²) in [6.07, 6.45) is 9.94. The van der Waals surface area contributed by atoms with E-state index in [-0.39, 0.29) is 17.4 Å². The molecule has 0 spiro atoms. The smallest absolute Gasteiger partial charge is 0.217 e.